The maximum Gasteiger partial charge on any atom is 0.340 e. The molecule has 72 valence electrons. The Kier molecular flexibility index (Phi) is 2.67. The van der Waals surface area contributed by atoms with Gasteiger partial charge in [0.25, 0.3) is 0 Å². The van der Waals surface area contributed by atoms with E-state index in [1.54, 1.807) is 0 Å². The number of methoxy groups -OCH3 is 1. The Hall–Kier alpha value is -0.950. The number of carbonyl (C=O) groups is 1. The quantitative estimate of drug-likeness (QED) is 0.559. The average molecular weight is 224 g/mol. The summed E-state index contributed by atoms with van der Waals surface area (Å²) < 4.78 is 37.7. The first-order valence-corrected chi connectivity index (χ1v) is 5.38. The van der Waals surface area contributed by atoms with E-state index < -0.39 is 21.1 Å². The normalized spacial score (nSPS) is 11.2. The van der Waals surface area contributed by atoms with E-state index in [-0.39, 0.29) is 5.56 Å². The summed E-state index contributed by atoms with van der Waals surface area (Å²) in [5.41, 5.74) is -0.269. The minimum atomic E-state index is -4.84. The van der Waals surface area contributed by atoms with Crippen LogP contribution < -0.4 is 0 Å². The van der Waals surface area contributed by atoms with Crippen LogP contribution in [0.25, 0.3) is 0 Å². The lowest BCUT2D eigenvalue weighted by atomic mass is 10.3. The van der Waals surface area contributed by atoms with Crippen LogP contribution >= 0.6 is 11.3 Å². The molecule has 1 heterocycles. The summed E-state index contributed by atoms with van der Waals surface area (Å²) in [6.07, 6.45) is 0. The fourth-order valence-corrected chi connectivity index (χ4v) is 2.52. The zero-order valence-electron chi connectivity index (χ0n) is 6.48. The number of carbonyl (C=O) groups excluding carboxylic acids is 1. The van der Waals surface area contributed by atoms with E-state index in [4.69, 9.17) is 0 Å². The van der Waals surface area contributed by atoms with Gasteiger partial charge in [-0.15, -0.1) is 3.89 Å². The Bertz CT molecular complexity index is 420. The van der Waals surface area contributed by atoms with Gasteiger partial charge in [0, 0.05) is 10.8 Å². The molecule has 1 rings (SSSR count). The standard InChI is InChI=1S/C6H5FO4S2/c1-11-6(8)4-2-12-3-5(4)13(7,9)10/h2-3H,1H3. The minimum absolute atomic E-state index is 0.269. The van der Waals surface area contributed by atoms with Crippen molar-refractivity contribution in [2.45, 2.75) is 4.90 Å². The van der Waals surface area contributed by atoms with E-state index in [1.807, 2.05) is 0 Å². The molecule has 0 unspecified atom stereocenters. The maximum absolute atomic E-state index is 12.5. The Labute approximate surface area is 78.2 Å². The molecule has 0 N–H and O–H groups in total. The van der Waals surface area contributed by atoms with E-state index in [1.165, 1.54) is 5.38 Å². The van der Waals surface area contributed by atoms with Gasteiger partial charge in [0.05, 0.1) is 12.7 Å². The fraction of sp³-hybridized carbons (Fsp3) is 0.167. The third-order valence-corrected chi connectivity index (χ3v) is 3.05. The number of ether oxygens (including phenoxy) is 1. The highest BCUT2D eigenvalue weighted by Gasteiger charge is 2.23. The first-order chi connectivity index (χ1) is 5.96. The molecule has 4 nitrogen and oxygen atoms in total. The van der Waals surface area contributed by atoms with Crippen molar-refractivity contribution in [3.63, 3.8) is 0 Å². The highest BCUT2D eigenvalue weighted by atomic mass is 32.3. The third kappa shape index (κ3) is 2.04. The largest absolute Gasteiger partial charge is 0.465 e. The Morgan fingerprint density at radius 3 is 2.62 bits per heavy atom. The second-order valence-electron chi connectivity index (χ2n) is 2.08. The maximum atomic E-state index is 12.5. The first-order valence-electron chi connectivity index (χ1n) is 3.06. The van der Waals surface area contributed by atoms with Gasteiger partial charge < -0.3 is 4.74 Å². The summed E-state index contributed by atoms with van der Waals surface area (Å²) in [5.74, 6) is -0.863. The predicted molar refractivity (Wildman–Crippen MR) is 44.0 cm³/mol. The summed E-state index contributed by atoms with van der Waals surface area (Å²) >= 11 is 0.917. The van der Waals surface area contributed by atoms with Crippen molar-refractivity contribution >= 4 is 27.5 Å². The summed E-state index contributed by atoms with van der Waals surface area (Å²) in [6.45, 7) is 0. The van der Waals surface area contributed by atoms with E-state index in [0.29, 0.717) is 0 Å². The summed E-state index contributed by atoms with van der Waals surface area (Å²) in [6, 6.07) is 0. The summed E-state index contributed by atoms with van der Waals surface area (Å²) in [5, 5.41) is 2.26. The summed E-state index contributed by atoms with van der Waals surface area (Å²) in [7, 11) is -3.74. The molecule has 0 aromatic carbocycles. The molecule has 0 aliphatic rings. The molecule has 0 aliphatic carbocycles. The van der Waals surface area contributed by atoms with Gasteiger partial charge in [0.2, 0.25) is 0 Å². The number of thiophene rings is 1. The molecule has 7 heteroatoms. The predicted octanol–water partition coefficient (Wildman–Crippen LogP) is 1.19. The van der Waals surface area contributed by atoms with Crippen molar-refractivity contribution in [3.8, 4) is 0 Å². The van der Waals surface area contributed by atoms with Crippen LogP contribution in [-0.2, 0) is 15.0 Å². The second kappa shape index (κ2) is 3.43. The highest BCUT2D eigenvalue weighted by Crippen LogP contribution is 2.22. The van der Waals surface area contributed by atoms with Gasteiger partial charge in [-0.1, -0.05) is 0 Å². The van der Waals surface area contributed by atoms with Gasteiger partial charge >= 0.3 is 16.2 Å². The average Bonchev–Trinajstić information content (AvgIpc) is 2.49. The van der Waals surface area contributed by atoms with Gasteiger partial charge in [0.1, 0.15) is 4.90 Å². The number of halogens is 1. The highest BCUT2D eigenvalue weighted by molar-refractivity contribution is 7.86. The number of rotatable bonds is 2. The Balaban J connectivity index is 3.26. The van der Waals surface area contributed by atoms with E-state index in [2.05, 4.69) is 4.74 Å². The second-order valence-corrected chi connectivity index (χ2v) is 4.14. The van der Waals surface area contributed by atoms with Gasteiger partial charge in [-0.25, -0.2) is 4.79 Å². The lowest BCUT2D eigenvalue weighted by Gasteiger charge is -1.96. The molecule has 0 radical (unpaired) electrons. The van der Waals surface area contributed by atoms with E-state index in [0.717, 1.165) is 23.8 Å². The zero-order chi connectivity index (χ0) is 10.1. The van der Waals surface area contributed by atoms with Crippen molar-refractivity contribution in [3.05, 3.63) is 16.3 Å². The van der Waals surface area contributed by atoms with Crippen LogP contribution in [0.2, 0.25) is 0 Å². The van der Waals surface area contributed by atoms with Crippen LogP contribution in [0.3, 0.4) is 0 Å². The summed E-state index contributed by atoms with van der Waals surface area (Å²) in [4.78, 5) is 10.3. The first kappa shape index (κ1) is 10.1. The Morgan fingerprint density at radius 2 is 2.15 bits per heavy atom. The molecule has 13 heavy (non-hydrogen) atoms. The minimum Gasteiger partial charge on any atom is -0.465 e. The monoisotopic (exact) mass is 224 g/mol. The van der Waals surface area contributed by atoms with Crippen molar-refractivity contribution in [2.75, 3.05) is 7.11 Å². The van der Waals surface area contributed by atoms with Crippen molar-refractivity contribution in [2.24, 2.45) is 0 Å². The third-order valence-electron chi connectivity index (χ3n) is 1.29. The van der Waals surface area contributed by atoms with Crippen molar-refractivity contribution in [1.29, 1.82) is 0 Å². The Morgan fingerprint density at radius 1 is 1.54 bits per heavy atom. The molecular formula is C6H5FO4S2. The van der Waals surface area contributed by atoms with Crippen molar-refractivity contribution < 1.29 is 21.8 Å². The van der Waals surface area contributed by atoms with Gasteiger partial charge in [-0.05, 0) is 0 Å². The van der Waals surface area contributed by atoms with Crippen molar-refractivity contribution in [1.82, 2.24) is 0 Å². The van der Waals surface area contributed by atoms with E-state index >= 15 is 0 Å². The van der Waals surface area contributed by atoms with Crippen LogP contribution in [0.5, 0.6) is 0 Å². The van der Waals surface area contributed by atoms with Gasteiger partial charge in [-0.3, -0.25) is 0 Å². The smallest absolute Gasteiger partial charge is 0.340 e. The molecular weight excluding hydrogens is 219 g/mol. The number of esters is 1. The molecule has 0 spiro atoms. The van der Waals surface area contributed by atoms with Gasteiger partial charge in [-0.2, -0.15) is 19.8 Å². The van der Waals surface area contributed by atoms with Crippen LogP contribution in [0.15, 0.2) is 15.7 Å². The van der Waals surface area contributed by atoms with E-state index in [9.17, 15) is 17.1 Å². The zero-order valence-corrected chi connectivity index (χ0v) is 8.12. The lowest BCUT2D eigenvalue weighted by Crippen LogP contribution is -2.04. The molecule has 0 saturated carbocycles. The van der Waals surface area contributed by atoms with Crippen LogP contribution in [-0.4, -0.2) is 21.5 Å². The van der Waals surface area contributed by atoms with Crippen LogP contribution in [0.4, 0.5) is 3.89 Å². The topological polar surface area (TPSA) is 60.4 Å². The van der Waals surface area contributed by atoms with Crippen LogP contribution in [0.1, 0.15) is 10.4 Å². The molecule has 0 amide bonds. The van der Waals surface area contributed by atoms with Crippen LogP contribution in [0, 0.1) is 0 Å². The molecule has 0 fully saturated rings. The molecule has 0 bridgehead atoms. The fourth-order valence-electron chi connectivity index (χ4n) is 0.733. The number of hydrogen-bond acceptors (Lipinski definition) is 5. The molecule has 0 atom stereocenters. The molecule has 1 aromatic heterocycles. The molecule has 0 saturated heterocycles. The number of hydrogen-bond donors (Lipinski definition) is 0. The lowest BCUT2D eigenvalue weighted by molar-refractivity contribution is 0.0597. The molecule has 0 aliphatic heterocycles. The molecule has 1 aromatic rings. The SMILES string of the molecule is COC(=O)c1cscc1S(=O)(=O)F. The van der Waals surface area contributed by atoms with Gasteiger partial charge in [0.15, 0.2) is 0 Å².